The second kappa shape index (κ2) is 5.85. The first-order valence-corrected chi connectivity index (χ1v) is 6.94. The van der Waals surface area contributed by atoms with Crippen molar-refractivity contribution in [3.8, 4) is 0 Å². The van der Waals surface area contributed by atoms with Gasteiger partial charge in [-0.15, -0.1) is 0 Å². The minimum Gasteiger partial charge on any atom is -0.343 e. The van der Waals surface area contributed by atoms with E-state index in [-0.39, 0.29) is 11.3 Å². The Balaban J connectivity index is 2.76. The monoisotopic (exact) mass is 240 g/mol. The van der Waals surface area contributed by atoms with Crippen molar-refractivity contribution in [1.29, 1.82) is 0 Å². The van der Waals surface area contributed by atoms with Crippen LogP contribution in [0.4, 0.5) is 0 Å². The highest BCUT2D eigenvalue weighted by Gasteiger charge is 2.41. The summed E-state index contributed by atoms with van der Waals surface area (Å²) in [5.41, 5.74) is 5.64. The minimum absolute atomic E-state index is 0.265. The maximum Gasteiger partial charge on any atom is 0.230 e. The molecule has 1 aliphatic carbocycles. The van der Waals surface area contributed by atoms with E-state index >= 15 is 0 Å². The SMILES string of the molecule is CCC(C)N(C)C(=O)C1(CN)CCC(C)CC1. The van der Waals surface area contributed by atoms with Crippen LogP contribution in [0.3, 0.4) is 0 Å². The van der Waals surface area contributed by atoms with Gasteiger partial charge in [0.05, 0.1) is 5.41 Å². The highest BCUT2D eigenvalue weighted by Crippen LogP contribution is 2.39. The molecule has 3 nitrogen and oxygen atoms in total. The van der Waals surface area contributed by atoms with Gasteiger partial charge in [0.2, 0.25) is 5.91 Å². The van der Waals surface area contributed by atoms with Crippen LogP contribution < -0.4 is 5.73 Å². The maximum atomic E-state index is 12.6. The number of carbonyl (C=O) groups is 1. The van der Waals surface area contributed by atoms with Crippen molar-refractivity contribution in [2.45, 2.75) is 58.9 Å². The van der Waals surface area contributed by atoms with Gasteiger partial charge in [-0.1, -0.05) is 13.8 Å². The fourth-order valence-electron chi connectivity index (χ4n) is 2.67. The summed E-state index contributed by atoms with van der Waals surface area (Å²) in [4.78, 5) is 14.5. The molecule has 1 atom stereocenters. The predicted molar refractivity (Wildman–Crippen MR) is 71.6 cm³/mol. The Bertz CT molecular complexity index is 257. The van der Waals surface area contributed by atoms with Crippen LogP contribution in [0.1, 0.15) is 52.9 Å². The zero-order chi connectivity index (χ0) is 13.1. The fourth-order valence-corrected chi connectivity index (χ4v) is 2.67. The second-order valence-corrected chi connectivity index (χ2v) is 5.84. The predicted octanol–water partition coefficient (Wildman–Crippen LogP) is 2.40. The Morgan fingerprint density at radius 2 is 2.00 bits per heavy atom. The van der Waals surface area contributed by atoms with Gasteiger partial charge >= 0.3 is 0 Å². The Kier molecular flexibility index (Phi) is 4.99. The molecule has 1 fully saturated rings. The Morgan fingerprint density at radius 1 is 1.47 bits per heavy atom. The lowest BCUT2D eigenvalue weighted by Gasteiger charge is -2.41. The van der Waals surface area contributed by atoms with E-state index in [4.69, 9.17) is 5.73 Å². The third-order valence-electron chi connectivity index (χ3n) is 4.65. The summed E-state index contributed by atoms with van der Waals surface area (Å²) in [6.45, 7) is 6.99. The van der Waals surface area contributed by atoms with Crippen LogP contribution in [-0.4, -0.2) is 30.4 Å². The number of carbonyl (C=O) groups excluding carboxylic acids is 1. The molecule has 0 bridgehead atoms. The molecule has 0 aliphatic heterocycles. The Hall–Kier alpha value is -0.570. The molecule has 1 aliphatic rings. The van der Waals surface area contributed by atoms with E-state index in [0.717, 1.165) is 38.0 Å². The first kappa shape index (κ1) is 14.5. The Morgan fingerprint density at radius 3 is 2.41 bits per heavy atom. The van der Waals surface area contributed by atoms with Crippen molar-refractivity contribution in [2.24, 2.45) is 17.1 Å². The smallest absolute Gasteiger partial charge is 0.230 e. The van der Waals surface area contributed by atoms with Gasteiger partial charge in [-0.05, 0) is 44.9 Å². The summed E-state index contributed by atoms with van der Waals surface area (Å²) >= 11 is 0. The molecule has 0 saturated heterocycles. The van der Waals surface area contributed by atoms with Crippen LogP contribution in [0.5, 0.6) is 0 Å². The molecular formula is C14H28N2O. The van der Waals surface area contributed by atoms with Crippen molar-refractivity contribution in [3.05, 3.63) is 0 Å². The maximum absolute atomic E-state index is 12.6. The molecule has 0 radical (unpaired) electrons. The van der Waals surface area contributed by atoms with Crippen molar-refractivity contribution >= 4 is 5.91 Å². The van der Waals surface area contributed by atoms with Crippen molar-refractivity contribution in [3.63, 3.8) is 0 Å². The number of amides is 1. The van der Waals surface area contributed by atoms with Gasteiger partial charge in [0.25, 0.3) is 0 Å². The number of hydrogen-bond acceptors (Lipinski definition) is 2. The molecule has 0 heterocycles. The minimum atomic E-state index is -0.273. The quantitative estimate of drug-likeness (QED) is 0.820. The average molecular weight is 240 g/mol. The summed E-state index contributed by atoms with van der Waals surface area (Å²) in [5.74, 6) is 1.01. The molecule has 1 saturated carbocycles. The first-order valence-electron chi connectivity index (χ1n) is 6.94. The van der Waals surface area contributed by atoms with Crippen LogP contribution >= 0.6 is 0 Å². The summed E-state index contributed by atoms with van der Waals surface area (Å²) < 4.78 is 0. The van der Waals surface area contributed by atoms with E-state index in [1.54, 1.807) is 0 Å². The molecule has 0 aromatic rings. The van der Waals surface area contributed by atoms with Crippen LogP contribution in [0.2, 0.25) is 0 Å². The van der Waals surface area contributed by atoms with Crippen LogP contribution in [0.15, 0.2) is 0 Å². The summed E-state index contributed by atoms with van der Waals surface area (Å²) in [6.07, 6.45) is 5.20. The van der Waals surface area contributed by atoms with E-state index in [0.29, 0.717) is 12.6 Å². The van der Waals surface area contributed by atoms with E-state index in [1.807, 2.05) is 11.9 Å². The third kappa shape index (κ3) is 3.01. The summed E-state index contributed by atoms with van der Waals surface area (Å²) in [6, 6.07) is 0.310. The molecule has 0 spiro atoms. The number of nitrogens with zero attached hydrogens (tertiary/aromatic N) is 1. The van der Waals surface area contributed by atoms with Crippen molar-refractivity contribution in [1.82, 2.24) is 4.90 Å². The van der Waals surface area contributed by atoms with E-state index < -0.39 is 0 Å². The molecule has 2 N–H and O–H groups in total. The standard InChI is InChI=1S/C14H28N2O/c1-5-12(3)16(4)13(17)14(10-15)8-6-11(2)7-9-14/h11-12H,5-10,15H2,1-4H3. The third-order valence-corrected chi connectivity index (χ3v) is 4.65. The molecule has 17 heavy (non-hydrogen) atoms. The molecule has 0 aromatic carbocycles. The van der Waals surface area contributed by atoms with Crippen LogP contribution in [0.25, 0.3) is 0 Å². The lowest BCUT2D eigenvalue weighted by atomic mass is 9.70. The molecule has 1 amide bonds. The number of rotatable bonds is 4. The normalized spacial score (nSPS) is 31.0. The first-order chi connectivity index (χ1) is 7.96. The van der Waals surface area contributed by atoms with Crippen molar-refractivity contribution in [2.75, 3.05) is 13.6 Å². The molecular weight excluding hydrogens is 212 g/mol. The molecule has 0 aromatic heterocycles. The number of nitrogens with two attached hydrogens (primary N) is 1. The van der Waals surface area contributed by atoms with Gasteiger partial charge in [0.15, 0.2) is 0 Å². The summed E-state index contributed by atoms with van der Waals surface area (Å²) in [7, 11) is 1.92. The highest BCUT2D eigenvalue weighted by molar-refractivity contribution is 5.83. The number of hydrogen-bond donors (Lipinski definition) is 1. The van der Waals surface area contributed by atoms with Crippen LogP contribution in [0, 0.1) is 11.3 Å². The van der Waals surface area contributed by atoms with Gasteiger partial charge < -0.3 is 10.6 Å². The fraction of sp³-hybridized carbons (Fsp3) is 0.929. The highest BCUT2D eigenvalue weighted by atomic mass is 16.2. The Labute approximate surface area is 106 Å². The van der Waals surface area contributed by atoms with Gasteiger partial charge in [0.1, 0.15) is 0 Å². The topological polar surface area (TPSA) is 46.3 Å². The van der Waals surface area contributed by atoms with Gasteiger partial charge in [-0.2, -0.15) is 0 Å². The van der Waals surface area contributed by atoms with Gasteiger partial charge in [-0.3, -0.25) is 4.79 Å². The average Bonchev–Trinajstić information content (AvgIpc) is 2.37. The van der Waals surface area contributed by atoms with Gasteiger partial charge in [0, 0.05) is 19.6 Å². The zero-order valence-corrected chi connectivity index (χ0v) is 11.8. The summed E-state index contributed by atoms with van der Waals surface area (Å²) in [5, 5.41) is 0. The molecule has 1 unspecified atom stereocenters. The second-order valence-electron chi connectivity index (χ2n) is 5.84. The molecule has 100 valence electrons. The lowest BCUT2D eigenvalue weighted by molar-refractivity contribution is -0.144. The van der Waals surface area contributed by atoms with Crippen LogP contribution in [-0.2, 0) is 4.79 Å². The molecule has 3 heteroatoms. The van der Waals surface area contributed by atoms with E-state index in [2.05, 4.69) is 20.8 Å². The van der Waals surface area contributed by atoms with E-state index in [1.165, 1.54) is 0 Å². The zero-order valence-electron chi connectivity index (χ0n) is 11.8. The lowest BCUT2D eigenvalue weighted by Crippen LogP contribution is -2.50. The van der Waals surface area contributed by atoms with E-state index in [9.17, 15) is 4.79 Å². The van der Waals surface area contributed by atoms with Gasteiger partial charge in [-0.25, -0.2) is 0 Å². The largest absolute Gasteiger partial charge is 0.343 e. The van der Waals surface area contributed by atoms with Crippen molar-refractivity contribution < 1.29 is 4.79 Å². The molecule has 1 rings (SSSR count).